The predicted molar refractivity (Wildman–Crippen MR) is 110 cm³/mol. The molecule has 0 saturated carbocycles. The van der Waals surface area contributed by atoms with Crippen molar-refractivity contribution >= 4 is 23.5 Å². The van der Waals surface area contributed by atoms with Crippen LogP contribution in [0, 0.1) is 5.92 Å². The third-order valence-electron chi connectivity index (χ3n) is 6.81. The van der Waals surface area contributed by atoms with Gasteiger partial charge in [-0.15, -0.1) is 0 Å². The van der Waals surface area contributed by atoms with E-state index in [9.17, 15) is 14.4 Å². The molecule has 2 amide bonds. The number of carbonyl (C=O) groups excluding carboxylic acids is 3. The molecule has 3 aliphatic rings. The van der Waals surface area contributed by atoms with Crippen LogP contribution in [-0.4, -0.2) is 37.0 Å². The number of rotatable bonds is 2. The van der Waals surface area contributed by atoms with Crippen molar-refractivity contribution in [3.8, 4) is 0 Å². The second kappa shape index (κ2) is 6.67. The molecule has 2 aromatic carbocycles. The Balaban J connectivity index is 1.83. The summed E-state index contributed by atoms with van der Waals surface area (Å²) in [6, 6.07) is 16.3. The Bertz CT molecular complexity index is 1040. The second-order valence-electron chi connectivity index (χ2n) is 8.14. The Morgan fingerprint density at radius 1 is 1.03 bits per heavy atom. The highest BCUT2D eigenvalue weighted by molar-refractivity contribution is 6.12. The monoisotopic (exact) mass is 405 g/mol. The van der Waals surface area contributed by atoms with Crippen LogP contribution in [0.2, 0.25) is 0 Å². The molecule has 7 heteroatoms. The van der Waals surface area contributed by atoms with Crippen molar-refractivity contribution in [2.24, 2.45) is 5.92 Å². The lowest BCUT2D eigenvalue weighted by Crippen LogP contribution is -2.63. The van der Waals surface area contributed by atoms with E-state index in [1.165, 1.54) is 7.11 Å². The first kappa shape index (κ1) is 18.8. The molecule has 3 N–H and O–H groups in total. The minimum absolute atomic E-state index is 0.265. The van der Waals surface area contributed by atoms with Crippen LogP contribution in [0.5, 0.6) is 0 Å². The van der Waals surface area contributed by atoms with Gasteiger partial charge in [-0.25, -0.2) is 0 Å². The number of methoxy groups -OCH3 is 1. The molecule has 0 radical (unpaired) electrons. The van der Waals surface area contributed by atoms with Crippen molar-refractivity contribution in [2.45, 2.75) is 29.8 Å². The van der Waals surface area contributed by atoms with Gasteiger partial charge in [0.15, 0.2) is 0 Å². The SMILES string of the molecule is COC(=O)[C@H]1[C@]2(C(=O)Nc3ccccc32)[C@@H](c2ccccc2)N[C@]12CCCNC2=O. The van der Waals surface area contributed by atoms with E-state index in [-0.39, 0.29) is 11.8 Å². The van der Waals surface area contributed by atoms with Gasteiger partial charge in [0.05, 0.1) is 13.2 Å². The maximum Gasteiger partial charge on any atom is 0.312 e. The molecule has 5 rings (SSSR count). The minimum atomic E-state index is -1.31. The van der Waals surface area contributed by atoms with E-state index >= 15 is 0 Å². The van der Waals surface area contributed by atoms with Gasteiger partial charge in [0.2, 0.25) is 11.8 Å². The number of piperidine rings is 1. The van der Waals surface area contributed by atoms with Crippen molar-refractivity contribution in [3.63, 3.8) is 0 Å². The summed E-state index contributed by atoms with van der Waals surface area (Å²) < 4.78 is 5.21. The third kappa shape index (κ3) is 2.26. The lowest BCUT2D eigenvalue weighted by atomic mass is 9.61. The number of esters is 1. The highest BCUT2D eigenvalue weighted by Crippen LogP contribution is 2.60. The van der Waals surface area contributed by atoms with Crippen LogP contribution < -0.4 is 16.0 Å². The lowest BCUT2D eigenvalue weighted by Gasteiger charge is -2.39. The molecule has 2 aromatic rings. The van der Waals surface area contributed by atoms with E-state index in [0.29, 0.717) is 30.6 Å². The summed E-state index contributed by atoms with van der Waals surface area (Å²) in [5.41, 5.74) is -0.330. The smallest absolute Gasteiger partial charge is 0.312 e. The zero-order valence-corrected chi connectivity index (χ0v) is 16.6. The number of hydrogen-bond donors (Lipinski definition) is 3. The molecule has 0 unspecified atom stereocenters. The Hall–Kier alpha value is -3.19. The van der Waals surface area contributed by atoms with Crippen molar-refractivity contribution < 1.29 is 19.1 Å². The number of ether oxygens (including phenoxy) is 1. The first-order valence-electron chi connectivity index (χ1n) is 10.2. The maximum absolute atomic E-state index is 13.7. The fourth-order valence-electron chi connectivity index (χ4n) is 5.63. The number of amides is 2. The average molecular weight is 405 g/mol. The summed E-state index contributed by atoms with van der Waals surface area (Å²) in [6.45, 7) is 0.544. The first-order valence-corrected chi connectivity index (χ1v) is 10.2. The molecular weight excluding hydrogens is 382 g/mol. The van der Waals surface area contributed by atoms with Crippen LogP contribution >= 0.6 is 0 Å². The number of fused-ring (bicyclic) bond motifs is 2. The topological polar surface area (TPSA) is 96.5 Å². The number of nitrogens with one attached hydrogen (secondary N) is 3. The Morgan fingerprint density at radius 3 is 2.50 bits per heavy atom. The van der Waals surface area contributed by atoms with Crippen molar-refractivity contribution in [1.29, 1.82) is 0 Å². The largest absolute Gasteiger partial charge is 0.469 e. The molecule has 7 nitrogen and oxygen atoms in total. The van der Waals surface area contributed by atoms with Crippen LogP contribution in [0.1, 0.15) is 30.0 Å². The summed E-state index contributed by atoms with van der Waals surface area (Å²) in [5, 5.41) is 9.33. The summed E-state index contributed by atoms with van der Waals surface area (Å²) in [6.07, 6.45) is 1.15. The quantitative estimate of drug-likeness (QED) is 0.661. The molecule has 2 saturated heterocycles. The maximum atomic E-state index is 13.7. The minimum Gasteiger partial charge on any atom is -0.469 e. The summed E-state index contributed by atoms with van der Waals surface area (Å²) in [4.78, 5) is 40.3. The van der Waals surface area contributed by atoms with Crippen molar-refractivity contribution in [1.82, 2.24) is 10.6 Å². The fourth-order valence-corrected chi connectivity index (χ4v) is 5.63. The molecule has 3 heterocycles. The normalized spacial score (nSPS) is 32.0. The van der Waals surface area contributed by atoms with E-state index in [2.05, 4.69) is 16.0 Å². The van der Waals surface area contributed by atoms with Gasteiger partial charge in [0, 0.05) is 12.2 Å². The van der Waals surface area contributed by atoms with Gasteiger partial charge in [0.1, 0.15) is 16.9 Å². The molecule has 0 aliphatic carbocycles. The first-order chi connectivity index (χ1) is 14.6. The Labute approximate surface area is 174 Å². The van der Waals surface area contributed by atoms with Gasteiger partial charge in [-0.05, 0) is 30.0 Å². The van der Waals surface area contributed by atoms with Gasteiger partial charge in [-0.3, -0.25) is 19.7 Å². The van der Waals surface area contributed by atoms with Gasteiger partial charge < -0.3 is 15.4 Å². The third-order valence-corrected chi connectivity index (χ3v) is 6.81. The van der Waals surface area contributed by atoms with E-state index < -0.39 is 28.9 Å². The number of anilines is 1. The van der Waals surface area contributed by atoms with Crippen molar-refractivity contribution in [3.05, 3.63) is 65.7 Å². The zero-order valence-electron chi connectivity index (χ0n) is 16.6. The van der Waals surface area contributed by atoms with Crippen LogP contribution in [0.25, 0.3) is 0 Å². The van der Waals surface area contributed by atoms with Gasteiger partial charge in [-0.2, -0.15) is 0 Å². The molecule has 2 fully saturated rings. The summed E-state index contributed by atoms with van der Waals surface area (Å²) >= 11 is 0. The van der Waals surface area contributed by atoms with E-state index in [1.807, 2.05) is 54.6 Å². The number of carbonyl (C=O) groups is 3. The molecule has 2 spiro atoms. The van der Waals surface area contributed by atoms with Crippen LogP contribution in [0.3, 0.4) is 0 Å². The van der Waals surface area contributed by atoms with Gasteiger partial charge >= 0.3 is 5.97 Å². The molecule has 0 aromatic heterocycles. The molecular formula is C23H23N3O4. The van der Waals surface area contributed by atoms with E-state index in [0.717, 1.165) is 5.56 Å². The average Bonchev–Trinajstić information content (AvgIpc) is 3.24. The van der Waals surface area contributed by atoms with Crippen molar-refractivity contribution in [2.75, 3.05) is 19.0 Å². The Morgan fingerprint density at radius 2 is 1.77 bits per heavy atom. The summed E-state index contributed by atoms with van der Waals surface area (Å²) in [5.74, 6) is -2.14. The standard InChI is InChI=1S/C23H23N3O4/c1-30-19(27)17-22(12-7-13-24-20(22)28)26-18(14-8-3-2-4-9-14)23(17)15-10-5-6-11-16(15)25-21(23)29/h2-6,8-11,17-18,26H,7,12-13H2,1H3,(H,24,28)(H,25,29)/t17-,18-,22-,23+/m1/s1. The van der Waals surface area contributed by atoms with E-state index in [1.54, 1.807) is 0 Å². The van der Waals surface area contributed by atoms with Gasteiger partial charge in [0.25, 0.3) is 0 Å². The second-order valence-corrected chi connectivity index (χ2v) is 8.14. The molecule has 0 bridgehead atoms. The van der Waals surface area contributed by atoms with E-state index in [4.69, 9.17) is 4.74 Å². The van der Waals surface area contributed by atoms with Gasteiger partial charge in [-0.1, -0.05) is 48.5 Å². The zero-order chi connectivity index (χ0) is 20.9. The van der Waals surface area contributed by atoms with Crippen LogP contribution in [-0.2, 0) is 24.5 Å². The molecule has 154 valence electrons. The summed E-state index contributed by atoms with van der Waals surface area (Å²) in [7, 11) is 1.30. The lowest BCUT2D eigenvalue weighted by molar-refractivity contribution is -0.156. The van der Waals surface area contributed by atoms with Crippen LogP contribution in [0.15, 0.2) is 54.6 Å². The predicted octanol–water partition coefficient (Wildman–Crippen LogP) is 1.66. The molecule has 3 aliphatic heterocycles. The van der Waals surface area contributed by atoms with Crippen LogP contribution in [0.4, 0.5) is 5.69 Å². The number of hydrogen-bond acceptors (Lipinski definition) is 5. The highest BCUT2D eigenvalue weighted by atomic mass is 16.5. The Kier molecular flexibility index (Phi) is 4.18. The number of para-hydroxylation sites is 1. The molecule has 30 heavy (non-hydrogen) atoms. The highest BCUT2D eigenvalue weighted by Gasteiger charge is 2.74. The molecule has 4 atom stereocenters. The number of benzene rings is 2. The fraction of sp³-hybridized carbons (Fsp3) is 0.348.